The van der Waals surface area contributed by atoms with Crippen molar-refractivity contribution in [1.29, 1.82) is 0 Å². The highest BCUT2D eigenvalue weighted by Gasteiger charge is 2.69. The Morgan fingerprint density at radius 1 is 1.11 bits per heavy atom. The van der Waals surface area contributed by atoms with Crippen molar-refractivity contribution in [2.24, 2.45) is 29.4 Å². The van der Waals surface area contributed by atoms with E-state index in [9.17, 15) is 29.1 Å². The number of aromatic nitrogens is 1. The normalized spacial score (nSPS) is 28.4. The molecule has 0 radical (unpaired) electrons. The quantitative estimate of drug-likeness (QED) is 0.326. The van der Waals surface area contributed by atoms with Crippen LogP contribution in [0.1, 0.15) is 22.3 Å². The third-order valence-electron chi connectivity index (χ3n) is 9.61. The summed E-state index contributed by atoms with van der Waals surface area (Å²) in [5.74, 6) is -9.60. The maximum atomic E-state index is 14.5. The first-order chi connectivity index (χ1) is 20.9. The number of oxazole rings is 1. The number of Topliss-reactive ketones (excluding diaryl/α,β-unsaturated/α-hetero) is 4. The van der Waals surface area contributed by atoms with Gasteiger partial charge in [-0.3, -0.25) is 28.9 Å². The van der Waals surface area contributed by atoms with E-state index in [4.69, 9.17) is 15.1 Å². The smallest absolute Gasteiger partial charge is 0.235 e. The van der Waals surface area contributed by atoms with Crippen LogP contribution in [0.2, 0.25) is 0 Å². The lowest BCUT2D eigenvalue weighted by Crippen LogP contribution is -2.74. The summed E-state index contributed by atoms with van der Waals surface area (Å²) in [5, 5.41) is 14.8. The van der Waals surface area contributed by atoms with E-state index in [-0.39, 0.29) is 24.0 Å². The van der Waals surface area contributed by atoms with Crippen LogP contribution in [0.5, 0.6) is 0 Å². The average molecular weight is 615 g/mol. The van der Waals surface area contributed by atoms with Crippen LogP contribution in [0.3, 0.4) is 0 Å². The van der Waals surface area contributed by atoms with Crippen LogP contribution in [0.15, 0.2) is 40.1 Å². The van der Waals surface area contributed by atoms with Crippen LogP contribution in [0.25, 0.3) is 32.6 Å². The van der Waals surface area contributed by atoms with Crippen molar-refractivity contribution in [1.82, 2.24) is 9.88 Å². The zero-order chi connectivity index (χ0) is 31.4. The number of nitrogens with two attached hydrogens (primary N) is 1. The number of fused-ring (bicyclic) bond motifs is 6. The molecular formula is C32H30N4O7S. The standard InChI is InChI=1S/C32H30N4O7S/c1-35(2)19-11-18-27(43-31(34-18)16-12-44-20-8-6-5-7-14(16)20)22-15(19)9-13-10-17-24(36(3)4)26(38)23(30(33)41)29(40)32(17,42)28(39)21(13)25(22)37/h5-8,11-13,17,21,23-24,42H,9-10H2,1-4H3,(H2,33,41)/t13-,17-,21?,23?,24-,32-/m0/s1. The van der Waals surface area contributed by atoms with Gasteiger partial charge >= 0.3 is 0 Å². The fraction of sp³-hybridized carbons (Fsp3) is 0.375. The van der Waals surface area contributed by atoms with Gasteiger partial charge in [-0.05, 0) is 50.6 Å². The highest BCUT2D eigenvalue weighted by molar-refractivity contribution is 7.17. The molecule has 4 aromatic rings. The molecule has 226 valence electrons. The highest BCUT2D eigenvalue weighted by Crippen LogP contribution is 2.52. The molecule has 0 spiro atoms. The Kier molecular flexibility index (Phi) is 6.23. The number of ketones is 4. The number of hydrogen-bond donors (Lipinski definition) is 2. The van der Waals surface area contributed by atoms with Crippen LogP contribution in [0.4, 0.5) is 5.69 Å². The molecule has 2 fully saturated rings. The summed E-state index contributed by atoms with van der Waals surface area (Å²) in [5.41, 5.74) is 5.75. The molecule has 12 heteroatoms. The average Bonchev–Trinajstić information content (AvgIpc) is 3.58. The predicted octanol–water partition coefficient (Wildman–Crippen LogP) is 2.25. The topological polar surface area (TPSA) is 164 Å². The van der Waals surface area contributed by atoms with Crippen molar-refractivity contribution in [3.63, 3.8) is 0 Å². The maximum Gasteiger partial charge on any atom is 0.235 e. The maximum absolute atomic E-state index is 14.5. The summed E-state index contributed by atoms with van der Waals surface area (Å²) in [6, 6.07) is 8.58. The van der Waals surface area contributed by atoms with Gasteiger partial charge in [-0.1, -0.05) is 18.2 Å². The van der Waals surface area contributed by atoms with Crippen LogP contribution in [0, 0.1) is 23.7 Å². The number of hydrogen-bond acceptors (Lipinski definition) is 11. The summed E-state index contributed by atoms with van der Waals surface area (Å²) in [6.07, 6.45) is 0.310. The number of primary amides is 1. The number of thiophene rings is 1. The minimum Gasteiger partial charge on any atom is -0.435 e. The number of benzene rings is 2. The number of rotatable bonds is 4. The number of anilines is 1. The summed E-state index contributed by atoms with van der Waals surface area (Å²) in [7, 11) is 6.85. The minimum absolute atomic E-state index is 0.0390. The van der Waals surface area contributed by atoms with Gasteiger partial charge in [-0.2, -0.15) is 0 Å². The SMILES string of the molecule is CN(C)c1cc2nc(-c3csc4ccccc34)oc2c2c1C[C@H]1C[C@H]3[C@H](N(C)C)C(=O)C(C(N)=O)C(=O)[C@@]3(O)C(=O)C1C2=O. The van der Waals surface area contributed by atoms with Crippen molar-refractivity contribution >= 4 is 67.3 Å². The highest BCUT2D eigenvalue weighted by atomic mass is 32.1. The summed E-state index contributed by atoms with van der Waals surface area (Å²) in [6.45, 7) is 0. The molecule has 0 aliphatic heterocycles. The van der Waals surface area contributed by atoms with Crippen molar-refractivity contribution in [2.45, 2.75) is 24.5 Å². The van der Waals surface area contributed by atoms with E-state index in [1.54, 1.807) is 25.4 Å². The summed E-state index contributed by atoms with van der Waals surface area (Å²) in [4.78, 5) is 76.0. The summed E-state index contributed by atoms with van der Waals surface area (Å²) >= 11 is 1.55. The second-order valence-corrected chi connectivity index (χ2v) is 13.4. The second-order valence-electron chi connectivity index (χ2n) is 12.4. The van der Waals surface area contributed by atoms with Gasteiger partial charge in [0.2, 0.25) is 11.8 Å². The third-order valence-corrected chi connectivity index (χ3v) is 10.6. The first-order valence-electron chi connectivity index (χ1n) is 14.3. The molecular weight excluding hydrogens is 584 g/mol. The van der Waals surface area contributed by atoms with Crippen LogP contribution in [-0.2, 0) is 25.6 Å². The molecule has 2 unspecified atom stereocenters. The van der Waals surface area contributed by atoms with Gasteiger partial charge in [0.1, 0.15) is 5.52 Å². The molecule has 3 aliphatic rings. The van der Waals surface area contributed by atoms with Gasteiger partial charge in [0, 0.05) is 41.2 Å². The number of likely N-dealkylation sites (N-methyl/N-ethyl adjacent to an activating group) is 1. The zero-order valence-electron chi connectivity index (χ0n) is 24.5. The van der Waals surface area contributed by atoms with Gasteiger partial charge < -0.3 is 20.2 Å². The summed E-state index contributed by atoms with van der Waals surface area (Å²) < 4.78 is 7.36. The van der Waals surface area contributed by atoms with Gasteiger partial charge in [0.15, 0.2) is 40.2 Å². The molecule has 44 heavy (non-hydrogen) atoms. The second kappa shape index (κ2) is 9.62. The zero-order valence-corrected chi connectivity index (χ0v) is 25.3. The lowest BCUT2D eigenvalue weighted by Gasteiger charge is -2.52. The van der Waals surface area contributed by atoms with Gasteiger partial charge in [-0.15, -0.1) is 11.3 Å². The number of aliphatic hydroxyl groups is 1. The molecule has 2 aromatic carbocycles. The molecule has 2 heterocycles. The Morgan fingerprint density at radius 3 is 2.52 bits per heavy atom. The monoisotopic (exact) mass is 614 g/mol. The molecule has 3 aliphatic carbocycles. The Hall–Kier alpha value is -4.26. The van der Waals surface area contributed by atoms with Crippen molar-refractivity contribution in [2.75, 3.05) is 33.1 Å². The van der Waals surface area contributed by atoms with E-state index in [2.05, 4.69) is 0 Å². The molecule has 0 bridgehead atoms. The van der Waals surface area contributed by atoms with Gasteiger partial charge in [0.25, 0.3) is 0 Å². The van der Waals surface area contributed by atoms with E-state index in [1.807, 2.05) is 54.7 Å². The fourth-order valence-corrected chi connectivity index (χ4v) is 8.63. The Bertz CT molecular complexity index is 1960. The van der Waals surface area contributed by atoms with E-state index >= 15 is 0 Å². The largest absolute Gasteiger partial charge is 0.435 e. The van der Waals surface area contributed by atoms with Crippen molar-refractivity contribution in [3.05, 3.63) is 46.8 Å². The number of carbonyl (C=O) groups is 5. The van der Waals surface area contributed by atoms with E-state index < -0.39 is 64.4 Å². The molecule has 6 atom stereocenters. The van der Waals surface area contributed by atoms with Crippen molar-refractivity contribution in [3.8, 4) is 11.5 Å². The first-order valence-corrected chi connectivity index (χ1v) is 15.2. The van der Waals surface area contributed by atoms with Gasteiger partial charge in [-0.25, -0.2) is 4.98 Å². The Morgan fingerprint density at radius 2 is 1.84 bits per heavy atom. The molecule has 3 N–H and O–H groups in total. The van der Waals surface area contributed by atoms with Crippen LogP contribution < -0.4 is 10.6 Å². The minimum atomic E-state index is -2.72. The van der Waals surface area contributed by atoms with Crippen LogP contribution in [-0.4, -0.2) is 83.9 Å². The van der Waals surface area contributed by atoms with Gasteiger partial charge in [0.05, 0.1) is 23.1 Å². The molecule has 2 aromatic heterocycles. The van der Waals surface area contributed by atoms with E-state index in [1.165, 1.54) is 4.90 Å². The molecule has 1 amide bonds. The third kappa shape index (κ3) is 3.67. The Balaban J connectivity index is 1.40. The molecule has 7 rings (SSSR count). The first kappa shape index (κ1) is 28.5. The lowest BCUT2D eigenvalue weighted by molar-refractivity contribution is -0.181. The number of carbonyl (C=O) groups excluding carboxylic acids is 5. The fourth-order valence-electron chi connectivity index (χ4n) is 7.70. The number of nitrogens with zero attached hydrogens (tertiary/aromatic N) is 3. The molecule has 2 saturated carbocycles. The molecule has 0 saturated heterocycles. The lowest BCUT2D eigenvalue weighted by atomic mass is 9.52. The number of amides is 1. The predicted molar refractivity (Wildman–Crippen MR) is 162 cm³/mol. The molecule has 11 nitrogen and oxygen atoms in total. The van der Waals surface area contributed by atoms with Crippen LogP contribution >= 0.6 is 11.3 Å². The Labute approximate surface area is 255 Å². The van der Waals surface area contributed by atoms with Crippen molar-refractivity contribution < 1.29 is 33.5 Å². The van der Waals surface area contributed by atoms with E-state index in [0.717, 1.165) is 21.3 Å². The van der Waals surface area contributed by atoms with E-state index in [0.29, 0.717) is 17.0 Å².